The van der Waals surface area contributed by atoms with Crippen LogP contribution in [0.3, 0.4) is 0 Å². The fourth-order valence-electron chi connectivity index (χ4n) is 2.46. The topological polar surface area (TPSA) is 88.3 Å². The van der Waals surface area contributed by atoms with Crippen molar-refractivity contribution in [3.8, 4) is 5.75 Å². The Labute approximate surface area is 145 Å². The van der Waals surface area contributed by atoms with E-state index in [4.69, 9.17) is 4.74 Å². The third-order valence-corrected chi connectivity index (χ3v) is 5.33. The first kappa shape index (κ1) is 17.2. The number of sulfonamides is 1. The van der Waals surface area contributed by atoms with Crippen molar-refractivity contribution in [3.05, 3.63) is 70.0 Å². The zero-order valence-electron chi connectivity index (χ0n) is 13.9. The van der Waals surface area contributed by atoms with Crippen molar-refractivity contribution in [2.45, 2.75) is 18.4 Å². The van der Waals surface area contributed by atoms with Crippen molar-refractivity contribution in [3.63, 3.8) is 0 Å². The summed E-state index contributed by atoms with van der Waals surface area (Å²) in [7, 11) is -2.13. The second kappa shape index (κ2) is 6.70. The maximum atomic E-state index is 12.3. The predicted molar refractivity (Wildman–Crippen MR) is 96.3 cm³/mol. The van der Waals surface area contributed by atoms with Gasteiger partial charge in [-0.25, -0.2) is 13.1 Å². The third kappa shape index (κ3) is 3.72. The van der Waals surface area contributed by atoms with Crippen molar-refractivity contribution >= 4 is 20.9 Å². The van der Waals surface area contributed by atoms with Crippen molar-refractivity contribution < 1.29 is 13.2 Å². The molecule has 130 valence electrons. The molecular formula is C18H18N2O4S. The summed E-state index contributed by atoms with van der Waals surface area (Å²) in [5.41, 5.74) is 1.63. The lowest BCUT2D eigenvalue weighted by Crippen LogP contribution is -2.26. The van der Waals surface area contributed by atoms with Crippen LogP contribution in [0.4, 0.5) is 0 Å². The zero-order valence-corrected chi connectivity index (χ0v) is 14.7. The van der Waals surface area contributed by atoms with E-state index in [-0.39, 0.29) is 17.0 Å². The van der Waals surface area contributed by atoms with Crippen LogP contribution in [0.25, 0.3) is 10.9 Å². The van der Waals surface area contributed by atoms with Gasteiger partial charge in [0.15, 0.2) is 0 Å². The smallest absolute Gasteiger partial charge is 0.252 e. The van der Waals surface area contributed by atoms with Gasteiger partial charge < -0.3 is 9.72 Å². The number of methoxy groups -OCH3 is 1. The first-order chi connectivity index (χ1) is 11.9. The molecule has 3 rings (SSSR count). The Hall–Kier alpha value is -2.64. The molecule has 2 N–H and O–H groups in total. The van der Waals surface area contributed by atoms with Gasteiger partial charge in [-0.15, -0.1) is 0 Å². The Kier molecular flexibility index (Phi) is 4.61. The van der Waals surface area contributed by atoms with Crippen LogP contribution in [-0.2, 0) is 16.6 Å². The first-order valence-corrected chi connectivity index (χ1v) is 9.14. The first-order valence-electron chi connectivity index (χ1n) is 7.65. The van der Waals surface area contributed by atoms with E-state index < -0.39 is 10.0 Å². The van der Waals surface area contributed by atoms with Crippen LogP contribution >= 0.6 is 0 Å². The summed E-state index contributed by atoms with van der Waals surface area (Å²) >= 11 is 0. The predicted octanol–water partition coefficient (Wildman–Crippen LogP) is 2.32. The highest BCUT2D eigenvalue weighted by atomic mass is 32.2. The van der Waals surface area contributed by atoms with Crippen LogP contribution in [0, 0.1) is 6.92 Å². The maximum Gasteiger partial charge on any atom is 0.252 e. The quantitative estimate of drug-likeness (QED) is 0.733. The number of pyridine rings is 1. The molecule has 0 amide bonds. The minimum absolute atomic E-state index is 0.0985. The van der Waals surface area contributed by atoms with E-state index >= 15 is 0 Å². The number of fused-ring (bicyclic) bond motifs is 1. The van der Waals surface area contributed by atoms with Crippen LogP contribution < -0.4 is 15.0 Å². The molecule has 2 aromatic carbocycles. The highest BCUT2D eigenvalue weighted by molar-refractivity contribution is 7.89. The second-order valence-corrected chi connectivity index (χ2v) is 7.48. The SMILES string of the molecule is COc1ccc2[nH]c(=O)c(CNS(=O)(=O)c3ccc(C)cc3)cc2c1. The fraction of sp³-hybridized carbons (Fsp3) is 0.167. The summed E-state index contributed by atoms with van der Waals surface area (Å²) in [6.07, 6.45) is 0. The van der Waals surface area contributed by atoms with E-state index in [0.717, 1.165) is 10.9 Å². The van der Waals surface area contributed by atoms with Crippen molar-refractivity contribution in [1.29, 1.82) is 0 Å². The molecule has 0 aliphatic heterocycles. The average molecular weight is 358 g/mol. The monoisotopic (exact) mass is 358 g/mol. The number of aryl methyl sites for hydroxylation is 1. The maximum absolute atomic E-state index is 12.3. The molecule has 0 fully saturated rings. The van der Waals surface area contributed by atoms with Gasteiger partial charge in [0.1, 0.15) is 5.75 Å². The highest BCUT2D eigenvalue weighted by Crippen LogP contribution is 2.19. The molecule has 0 atom stereocenters. The Balaban J connectivity index is 1.88. The third-order valence-electron chi connectivity index (χ3n) is 3.91. The molecule has 0 bridgehead atoms. The number of hydrogen-bond acceptors (Lipinski definition) is 4. The Bertz CT molecular complexity index is 1070. The molecular weight excluding hydrogens is 340 g/mol. The number of nitrogens with one attached hydrogen (secondary N) is 2. The molecule has 25 heavy (non-hydrogen) atoms. The summed E-state index contributed by atoms with van der Waals surface area (Å²) in [5, 5.41) is 0.767. The number of aromatic amines is 1. The van der Waals surface area contributed by atoms with Gasteiger partial charge in [0, 0.05) is 23.0 Å². The molecule has 0 radical (unpaired) electrons. The average Bonchev–Trinajstić information content (AvgIpc) is 2.60. The number of benzene rings is 2. The molecule has 0 saturated heterocycles. The summed E-state index contributed by atoms with van der Waals surface area (Å²) in [6.45, 7) is 1.78. The van der Waals surface area contributed by atoms with Crippen LogP contribution in [0.2, 0.25) is 0 Å². The summed E-state index contributed by atoms with van der Waals surface area (Å²) in [5.74, 6) is 0.658. The second-order valence-electron chi connectivity index (χ2n) is 5.71. The molecule has 0 unspecified atom stereocenters. The van der Waals surface area contributed by atoms with Crippen molar-refractivity contribution in [1.82, 2.24) is 9.71 Å². The number of H-pyrrole nitrogens is 1. The number of aromatic nitrogens is 1. The lowest BCUT2D eigenvalue weighted by molar-refractivity contribution is 0.415. The summed E-state index contributed by atoms with van der Waals surface area (Å²) in [6, 6.07) is 13.5. The number of ether oxygens (including phenoxy) is 1. The van der Waals surface area contributed by atoms with Gasteiger partial charge in [0.05, 0.1) is 12.0 Å². The van der Waals surface area contributed by atoms with Gasteiger partial charge in [-0.05, 0) is 43.3 Å². The van der Waals surface area contributed by atoms with Crippen LogP contribution in [0.5, 0.6) is 5.75 Å². The Morgan fingerprint density at radius 3 is 2.48 bits per heavy atom. The molecule has 0 spiro atoms. The van der Waals surface area contributed by atoms with Crippen LogP contribution in [0.1, 0.15) is 11.1 Å². The largest absolute Gasteiger partial charge is 0.497 e. The standard InChI is InChI=1S/C18H18N2O4S/c1-12-3-6-16(7-4-12)25(22,23)19-11-14-9-13-10-15(24-2)5-8-17(13)20-18(14)21/h3-10,19H,11H2,1-2H3,(H,20,21). The van der Waals surface area contributed by atoms with Crippen molar-refractivity contribution in [2.75, 3.05) is 7.11 Å². The fourth-order valence-corrected chi connectivity index (χ4v) is 3.47. The van der Waals surface area contributed by atoms with Gasteiger partial charge in [-0.1, -0.05) is 17.7 Å². The van der Waals surface area contributed by atoms with E-state index in [1.165, 1.54) is 12.1 Å². The molecule has 1 heterocycles. The van der Waals surface area contributed by atoms with Gasteiger partial charge in [0.25, 0.3) is 5.56 Å². The zero-order chi connectivity index (χ0) is 18.0. The van der Waals surface area contributed by atoms with E-state index in [1.807, 2.05) is 6.92 Å². The van der Waals surface area contributed by atoms with E-state index in [1.54, 1.807) is 43.5 Å². The highest BCUT2D eigenvalue weighted by Gasteiger charge is 2.14. The number of rotatable bonds is 5. The van der Waals surface area contributed by atoms with Crippen molar-refractivity contribution in [2.24, 2.45) is 0 Å². The molecule has 3 aromatic rings. The number of hydrogen-bond donors (Lipinski definition) is 2. The van der Waals surface area contributed by atoms with E-state index in [2.05, 4.69) is 9.71 Å². The molecule has 6 nitrogen and oxygen atoms in total. The van der Waals surface area contributed by atoms with Crippen LogP contribution in [0.15, 0.2) is 58.2 Å². The lowest BCUT2D eigenvalue weighted by Gasteiger charge is -2.08. The molecule has 0 aliphatic carbocycles. The molecule has 1 aromatic heterocycles. The van der Waals surface area contributed by atoms with Gasteiger partial charge in [-0.2, -0.15) is 0 Å². The summed E-state index contributed by atoms with van der Waals surface area (Å²) in [4.78, 5) is 15.1. The normalized spacial score (nSPS) is 11.6. The van der Waals surface area contributed by atoms with Gasteiger partial charge >= 0.3 is 0 Å². The Morgan fingerprint density at radius 2 is 1.80 bits per heavy atom. The molecule has 0 saturated carbocycles. The van der Waals surface area contributed by atoms with E-state index in [0.29, 0.717) is 16.8 Å². The minimum atomic E-state index is -3.69. The van der Waals surface area contributed by atoms with Gasteiger partial charge in [0.2, 0.25) is 10.0 Å². The molecule has 7 heteroatoms. The lowest BCUT2D eigenvalue weighted by atomic mass is 10.1. The Morgan fingerprint density at radius 1 is 1.08 bits per heavy atom. The summed E-state index contributed by atoms with van der Waals surface area (Å²) < 4.78 is 32.3. The van der Waals surface area contributed by atoms with Gasteiger partial charge in [-0.3, -0.25) is 4.79 Å². The molecule has 0 aliphatic rings. The van der Waals surface area contributed by atoms with E-state index in [9.17, 15) is 13.2 Å². The minimum Gasteiger partial charge on any atom is -0.497 e. The van der Waals surface area contributed by atoms with Crippen LogP contribution in [-0.4, -0.2) is 20.5 Å².